The lowest BCUT2D eigenvalue weighted by Crippen LogP contribution is -2.26. The van der Waals surface area contributed by atoms with Crippen LogP contribution < -0.4 is 14.8 Å². The molecule has 0 unspecified atom stereocenters. The van der Waals surface area contributed by atoms with Gasteiger partial charge in [0.2, 0.25) is 0 Å². The summed E-state index contributed by atoms with van der Waals surface area (Å²) in [5.41, 5.74) is 0.368. The number of methoxy groups -OCH3 is 1. The smallest absolute Gasteiger partial charge is 0.305 e. The number of hydrogen-bond donors (Lipinski definition) is 2. The molecule has 6 nitrogen and oxygen atoms in total. The topological polar surface area (TPSA) is 84.9 Å². The second kappa shape index (κ2) is 8.51. The van der Waals surface area contributed by atoms with E-state index in [0.29, 0.717) is 28.1 Å². The maximum Gasteiger partial charge on any atom is 0.305 e. The molecule has 0 aliphatic rings. The Hall–Kier alpha value is -1.76. The number of aliphatic carboxylic acids is 1. The molecule has 0 spiro atoms. The maximum absolute atomic E-state index is 12.0. The van der Waals surface area contributed by atoms with Crippen LogP contribution in [0.4, 0.5) is 0 Å². The summed E-state index contributed by atoms with van der Waals surface area (Å²) in [7, 11) is 1.49. The van der Waals surface area contributed by atoms with Crippen LogP contribution in [0.3, 0.4) is 0 Å². The molecule has 0 saturated heterocycles. The van der Waals surface area contributed by atoms with Gasteiger partial charge in [0.25, 0.3) is 5.91 Å². The minimum atomic E-state index is -0.961. The number of rotatable bonds is 8. The molecule has 21 heavy (non-hydrogen) atoms. The van der Waals surface area contributed by atoms with Crippen molar-refractivity contribution in [1.29, 1.82) is 0 Å². The Morgan fingerprint density at radius 1 is 1.38 bits per heavy atom. The molecule has 7 heteroatoms. The standard InChI is InChI=1S/C14H18BrNO5/c1-3-6-21-13-10(15)7-9(8-11(13)20-2)14(19)16-5-4-12(17)18/h7-8H,3-6H2,1-2H3,(H,16,19)(H,17,18). The van der Waals surface area contributed by atoms with Crippen molar-refractivity contribution < 1.29 is 24.2 Å². The van der Waals surface area contributed by atoms with Crippen molar-refractivity contribution in [3.8, 4) is 11.5 Å². The summed E-state index contributed by atoms with van der Waals surface area (Å²) in [5, 5.41) is 11.1. The fourth-order valence-corrected chi connectivity index (χ4v) is 2.14. The van der Waals surface area contributed by atoms with Gasteiger partial charge < -0.3 is 19.9 Å². The van der Waals surface area contributed by atoms with Crippen molar-refractivity contribution in [2.24, 2.45) is 0 Å². The number of nitrogens with one attached hydrogen (secondary N) is 1. The molecule has 0 bridgehead atoms. The van der Waals surface area contributed by atoms with Gasteiger partial charge in [0.15, 0.2) is 11.5 Å². The normalized spacial score (nSPS) is 10.0. The highest BCUT2D eigenvalue weighted by Crippen LogP contribution is 2.36. The Kier molecular flexibility index (Phi) is 7.01. The van der Waals surface area contributed by atoms with E-state index in [1.165, 1.54) is 7.11 Å². The molecular formula is C14H18BrNO5. The van der Waals surface area contributed by atoms with Crippen molar-refractivity contribution in [2.45, 2.75) is 19.8 Å². The van der Waals surface area contributed by atoms with Crippen molar-refractivity contribution in [3.05, 3.63) is 22.2 Å². The first-order valence-electron chi connectivity index (χ1n) is 6.49. The fraction of sp³-hybridized carbons (Fsp3) is 0.429. The summed E-state index contributed by atoms with van der Waals surface area (Å²) in [6.45, 7) is 2.60. The van der Waals surface area contributed by atoms with Crippen LogP contribution in [0.5, 0.6) is 11.5 Å². The zero-order valence-electron chi connectivity index (χ0n) is 11.9. The van der Waals surface area contributed by atoms with Crippen LogP contribution in [0.15, 0.2) is 16.6 Å². The monoisotopic (exact) mass is 359 g/mol. The van der Waals surface area contributed by atoms with E-state index < -0.39 is 5.97 Å². The minimum absolute atomic E-state index is 0.0716. The van der Waals surface area contributed by atoms with Crippen molar-refractivity contribution in [2.75, 3.05) is 20.3 Å². The zero-order valence-corrected chi connectivity index (χ0v) is 13.5. The molecule has 0 fully saturated rings. The Labute approximate surface area is 131 Å². The first-order valence-corrected chi connectivity index (χ1v) is 7.29. The van der Waals surface area contributed by atoms with Crippen LogP contribution in [0.1, 0.15) is 30.1 Å². The van der Waals surface area contributed by atoms with Crippen LogP contribution >= 0.6 is 15.9 Å². The summed E-state index contributed by atoms with van der Waals surface area (Å²) < 4.78 is 11.4. The van der Waals surface area contributed by atoms with E-state index in [1.54, 1.807) is 12.1 Å². The number of hydrogen-bond acceptors (Lipinski definition) is 4. The molecule has 1 rings (SSSR count). The molecule has 0 aliphatic carbocycles. The first-order chi connectivity index (χ1) is 9.99. The van der Waals surface area contributed by atoms with Crippen LogP contribution in [0, 0.1) is 0 Å². The van der Waals surface area contributed by atoms with Crippen molar-refractivity contribution in [1.82, 2.24) is 5.32 Å². The average molecular weight is 360 g/mol. The number of ether oxygens (including phenoxy) is 2. The van der Waals surface area contributed by atoms with E-state index in [1.807, 2.05) is 6.92 Å². The van der Waals surface area contributed by atoms with E-state index in [2.05, 4.69) is 21.2 Å². The number of carbonyl (C=O) groups excluding carboxylic acids is 1. The number of amides is 1. The molecule has 0 aromatic heterocycles. The van der Waals surface area contributed by atoms with Crippen LogP contribution in [-0.2, 0) is 4.79 Å². The predicted octanol–water partition coefficient (Wildman–Crippen LogP) is 2.45. The third-order valence-corrected chi connectivity index (χ3v) is 3.16. The largest absolute Gasteiger partial charge is 0.493 e. The van der Waals surface area contributed by atoms with Gasteiger partial charge in [-0.15, -0.1) is 0 Å². The Balaban J connectivity index is 2.86. The van der Waals surface area contributed by atoms with Crippen molar-refractivity contribution in [3.63, 3.8) is 0 Å². The Morgan fingerprint density at radius 3 is 2.67 bits per heavy atom. The third kappa shape index (κ3) is 5.26. The summed E-state index contributed by atoms with van der Waals surface area (Å²) >= 11 is 3.35. The first kappa shape index (κ1) is 17.3. The van der Waals surface area contributed by atoms with Gasteiger partial charge in [-0.1, -0.05) is 6.92 Å². The minimum Gasteiger partial charge on any atom is -0.493 e. The van der Waals surface area contributed by atoms with Crippen LogP contribution in [0.25, 0.3) is 0 Å². The molecule has 0 heterocycles. The Morgan fingerprint density at radius 2 is 2.10 bits per heavy atom. The van der Waals surface area contributed by atoms with Gasteiger partial charge in [0, 0.05) is 12.1 Å². The van der Waals surface area contributed by atoms with E-state index in [9.17, 15) is 9.59 Å². The zero-order chi connectivity index (χ0) is 15.8. The predicted molar refractivity (Wildman–Crippen MR) is 81.1 cm³/mol. The lowest BCUT2D eigenvalue weighted by atomic mass is 10.2. The lowest BCUT2D eigenvalue weighted by molar-refractivity contribution is -0.136. The molecule has 0 saturated carbocycles. The Bertz CT molecular complexity index is 518. The SMILES string of the molecule is CCCOc1c(Br)cc(C(=O)NCCC(=O)O)cc1OC. The molecule has 0 aliphatic heterocycles. The van der Waals surface area contributed by atoms with Gasteiger partial charge in [-0.25, -0.2) is 0 Å². The summed E-state index contributed by atoms with van der Waals surface area (Å²) in [5.74, 6) is -0.336. The third-order valence-electron chi connectivity index (χ3n) is 2.57. The molecule has 1 aromatic rings. The van der Waals surface area contributed by atoms with Gasteiger partial charge in [0.05, 0.1) is 24.6 Å². The molecule has 1 amide bonds. The summed E-state index contributed by atoms with van der Waals surface area (Å²) in [6, 6.07) is 3.18. The molecular weight excluding hydrogens is 342 g/mol. The molecule has 2 N–H and O–H groups in total. The second-order valence-electron chi connectivity index (χ2n) is 4.24. The number of halogens is 1. The number of carboxylic acid groups (broad SMARTS) is 1. The molecule has 116 valence electrons. The average Bonchev–Trinajstić information content (AvgIpc) is 2.44. The van der Waals surface area contributed by atoms with Gasteiger partial charge in [-0.05, 0) is 34.5 Å². The molecule has 0 atom stereocenters. The van der Waals surface area contributed by atoms with E-state index >= 15 is 0 Å². The molecule has 1 aromatic carbocycles. The van der Waals surface area contributed by atoms with E-state index in [-0.39, 0.29) is 18.9 Å². The van der Waals surface area contributed by atoms with Gasteiger partial charge in [0.1, 0.15) is 0 Å². The fourth-order valence-electron chi connectivity index (χ4n) is 1.58. The summed E-state index contributed by atoms with van der Waals surface area (Å²) in [4.78, 5) is 22.4. The van der Waals surface area contributed by atoms with Crippen LogP contribution in [-0.4, -0.2) is 37.2 Å². The highest BCUT2D eigenvalue weighted by Gasteiger charge is 2.15. The van der Waals surface area contributed by atoms with E-state index in [0.717, 1.165) is 6.42 Å². The highest BCUT2D eigenvalue weighted by molar-refractivity contribution is 9.10. The van der Waals surface area contributed by atoms with Crippen LogP contribution in [0.2, 0.25) is 0 Å². The maximum atomic E-state index is 12.0. The van der Waals surface area contributed by atoms with Gasteiger partial charge in [-0.2, -0.15) is 0 Å². The number of benzene rings is 1. The second-order valence-corrected chi connectivity index (χ2v) is 5.09. The molecule has 0 radical (unpaired) electrons. The number of carbonyl (C=O) groups is 2. The highest BCUT2D eigenvalue weighted by atomic mass is 79.9. The van der Waals surface area contributed by atoms with Gasteiger partial charge in [-0.3, -0.25) is 9.59 Å². The van der Waals surface area contributed by atoms with E-state index in [4.69, 9.17) is 14.6 Å². The van der Waals surface area contributed by atoms with Crippen molar-refractivity contribution >= 4 is 27.8 Å². The number of carboxylic acids is 1. The lowest BCUT2D eigenvalue weighted by Gasteiger charge is -2.14. The quantitative estimate of drug-likeness (QED) is 0.744. The van der Waals surface area contributed by atoms with Gasteiger partial charge >= 0.3 is 5.97 Å². The summed E-state index contributed by atoms with van der Waals surface area (Å²) in [6.07, 6.45) is 0.731.